The molecular formula is C12H25N3O. The van der Waals surface area contributed by atoms with Crippen LogP contribution in [0.15, 0.2) is 0 Å². The summed E-state index contributed by atoms with van der Waals surface area (Å²) < 4.78 is 0. The lowest BCUT2D eigenvalue weighted by atomic mass is 10.0. The summed E-state index contributed by atoms with van der Waals surface area (Å²) >= 11 is 0. The summed E-state index contributed by atoms with van der Waals surface area (Å²) in [6.45, 7) is 7.88. The van der Waals surface area contributed by atoms with E-state index < -0.39 is 0 Å². The normalized spacial score (nSPS) is 21.3. The van der Waals surface area contributed by atoms with E-state index in [4.69, 9.17) is 0 Å². The minimum atomic E-state index is -0.0557. The average Bonchev–Trinajstić information content (AvgIpc) is 2.28. The van der Waals surface area contributed by atoms with Crippen molar-refractivity contribution in [1.82, 2.24) is 15.1 Å². The molecule has 0 atom stereocenters. The summed E-state index contributed by atoms with van der Waals surface area (Å²) in [5.74, 6) is 0.286. The molecule has 4 heteroatoms. The van der Waals surface area contributed by atoms with Crippen LogP contribution >= 0.6 is 0 Å². The van der Waals surface area contributed by atoms with E-state index in [1.165, 1.54) is 0 Å². The molecule has 0 aromatic heterocycles. The molecular weight excluding hydrogens is 202 g/mol. The van der Waals surface area contributed by atoms with Gasteiger partial charge in [0.2, 0.25) is 5.91 Å². The lowest BCUT2D eigenvalue weighted by Gasteiger charge is -2.37. The van der Waals surface area contributed by atoms with Crippen LogP contribution in [0.3, 0.4) is 0 Å². The van der Waals surface area contributed by atoms with Gasteiger partial charge in [-0.2, -0.15) is 0 Å². The van der Waals surface area contributed by atoms with Crippen molar-refractivity contribution in [2.45, 2.75) is 32.2 Å². The molecule has 1 saturated heterocycles. The fourth-order valence-corrected chi connectivity index (χ4v) is 2.13. The first-order valence-corrected chi connectivity index (χ1v) is 6.09. The lowest BCUT2D eigenvalue weighted by Crippen LogP contribution is -2.51. The molecule has 0 spiro atoms. The largest absolute Gasteiger partial charge is 0.336 e. The zero-order chi connectivity index (χ0) is 12.2. The number of hydrogen-bond acceptors (Lipinski definition) is 3. The summed E-state index contributed by atoms with van der Waals surface area (Å²) in [6.07, 6.45) is 1.67. The number of rotatable bonds is 4. The molecule has 1 rings (SSSR count). The van der Waals surface area contributed by atoms with Gasteiger partial charge in [-0.05, 0) is 40.9 Å². The van der Waals surface area contributed by atoms with Crippen molar-refractivity contribution in [2.24, 2.45) is 0 Å². The molecule has 1 N–H and O–H groups in total. The molecule has 1 heterocycles. The number of nitrogens with zero attached hydrogens (tertiary/aromatic N) is 2. The molecule has 0 saturated carbocycles. The standard InChI is InChI=1S/C12H25N3O/c1-12(2)10-13-7-6-11(16)15(12)9-5-8-14(3)4/h13H,5-10H2,1-4H3. The van der Waals surface area contributed by atoms with Gasteiger partial charge in [0.1, 0.15) is 0 Å². The van der Waals surface area contributed by atoms with E-state index in [0.717, 1.165) is 32.6 Å². The highest BCUT2D eigenvalue weighted by molar-refractivity contribution is 5.77. The van der Waals surface area contributed by atoms with Crippen molar-refractivity contribution >= 4 is 5.91 Å². The summed E-state index contributed by atoms with van der Waals surface area (Å²) in [5.41, 5.74) is -0.0557. The third-order valence-electron chi connectivity index (χ3n) is 3.09. The van der Waals surface area contributed by atoms with Gasteiger partial charge in [0.05, 0.1) is 0 Å². The third kappa shape index (κ3) is 3.76. The molecule has 1 aliphatic heterocycles. The zero-order valence-electron chi connectivity index (χ0n) is 11.0. The molecule has 0 bridgehead atoms. The number of hydrogen-bond donors (Lipinski definition) is 1. The van der Waals surface area contributed by atoms with Crippen LogP contribution in [0, 0.1) is 0 Å². The second-order valence-corrected chi connectivity index (χ2v) is 5.44. The zero-order valence-corrected chi connectivity index (χ0v) is 11.0. The van der Waals surface area contributed by atoms with Crippen LogP contribution in [0.4, 0.5) is 0 Å². The smallest absolute Gasteiger partial charge is 0.224 e. The highest BCUT2D eigenvalue weighted by Gasteiger charge is 2.31. The Bertz CT molecular complexity index is 238. The van der Waals surface area contributed by atoms with Crippen molar-refractivity contribution in [1.29, 1.82) is 0 Å². The maximum atomic E-state index is 12.0. The van der Waals surface area contributed by atoms with Crippen LogP contribution in [-0.4, -0.2) is 61.5 Å². The van der Waals surface area contributed by atoms with Gasteiger partial charge in [-0.15, -0.1) is 0 Å². The Kier molecular flexibility index (Phi) is 4.74. The number of amides is 1. The topological polar surface area (TPSA) is 35.6 Å². The molecule has 0 aliphatic carbocycles. The summed E-state index contributed by atoms with van der Waals surface area (Å²) in [6, 6.07) is 0. The molecule has 1 fully saturated rings. The maximum absolute atomic E-state index is 12.0. The molecule has 94 valence electrons. The summed E-state index contributed by atoms with van der Waals surface area (Å²) in [5, 5.41) is 3.32. The van der Waals surface area contributed by atoms with Gasteiger partial charge in [0.25, 0.3) is 0 Å². The van der Waals surface area contributed by atoms with Crippen LogP contribution in [0.5, 0.6) is 0 Å². The van der Waals surface area contributed by atoms with E-state index >= 15 is 0 Å². The monoisotopic (exact) mass is 227 g/mol. The van der Waals surface area contributed by atoms with E-state index in [-0.39, 0.29) is 11.4 Å². The van der Waals surface area contributed by atoms with Crippen molar-refractivity contribution in [3.05, 3.63) is 0 Å². The molecule has 4 nitrogen and oxygen atoms in total. The van der Waals surface area contributed by atoms with Crippen molar-refractivity contribution in [3.8, 4) is 0 Å². The average molecular weight is 227 g/mol. The summed E-state index contributed by atoms with van der Waals surface area (Å²) in [7, 11) is 4.13. The Hall–Kier alpha value is -0.610. The molecule has 1 aliphatic rings. The van der Waals surface area contributed by atoms with E-state index in [1.807, 2.05) is 4.90 Å². The first kappa shape index (κ1) is 13.5. The van der Waals surface area contributed by atoms with E-state index in [2.05, 4.69) is 38.2 Å². The van der Waals surface area contributed by atoms with Gasteiger partial charge in [-0.25, -0.2) is 0 Å². The molecule has 0 unspecified atom stereocenters. The van der Waals surface area contributed by atoms with Crippen LogP contribution in [0.25, 0.3) is 0 Å². The first-order chi connectivity index (χ1) is 7.43. The molecule has 0 radical (unpaired) electrons. The van der Waals surface area contributed by atoms with E-state index in [9.17, 15) is 4.79 Å². The van der Waals surface area contributed by atoms with Crippen LogP contribution in [-0.2, 0) is 4.79 Å². The highest BCUT2D eigenvalue weighted by Crippen LogP contribution is 2.17. The van der Waals surface area contributed by atoms with Crippen LogP contribution < -0.4 is 5.32 Å². The van der Waals surface area contributed by atoms with Gasteiger partial charge < -0.3 is 15.1 Å². The molecule has 0 aromatic carbocycles. The Labute approximate surface area is 99.0 Å². The minimum absolute atomic E-state index is 0.0557. The van der Waals surface area contributed by atoms with Crippen LogP contribution in [0.2, 0.25) is 0 Å². The number of carbonyl (C=O) groups excluding carboxylic acids is 1. The molecule has 0 aromatic rings. The predicted molar refractivity (Wildman–Crippen MR) is 66.4 cm³/mol. The van der Waals surface area contributed by atoms with Crippen LogP contribution in [0.1, 0.15) is 26.7 Å². The van der Waals surface area contributed by atoms with Crippen molar-refractivity contribution < 1.29 is 4.79 Å². The fourth-order valence-electron chi connectivity index (χ4n) is 2.13. The van der Waals surface area contributed by atoms with Gasteiger partial charge in [0, 0.05) is 31.6 Å². The Morgan fingerprint density at radius 3 is 2.75 bits per heavy atom. The Morgan fingerprint density at radius 2 is 2.12 bits per heavy atom. The molecule has 1 amide bonds. The van der Waals surface area contributed by atoms with E-state index in [1.54, 1.807) is 0 Å². The lowest BCUT2D eigenvalue weighted by molar-refractivity contribution is -0.135. The Morgan fingerprint density at radius 1 is 1.44 bits per heavy atom. The number of nitrogens with one attached hydrogen (secondary N) is 1. The third-order valence-corrected chi connectivity index (χ3v) is 3.09. The van der Waals surface area contributed by atoms with Gasteiger partial charge in [0.15, 0.2) is 0 Å². The summed E-state index contributed by atoms with van der Waals surface area (Å²) in [4.78, 5) is 16.2. The van der Waals surface area contributed by atoms with Crippen molar-refractivity contribution in [2.75, 3.05) is 40.3 Å². The SMILES string of the molecule is CN(C)CCCN1C(=O)CCNCC1(C)C. The second kappa shape index (κ2) is 5.64. The minimum Gasteiger partial charge on any atom is -0.336 e. The second-order valence-electron chi connectivity index (χ2n) is 5.44. The molecule has 16 heavy (non-hydrogen) atoms. The van der Waals surface area contributed by atoms with Gasteiger partial charge in [-0.1, -0.05) is 0 Å². The van der Waals surface area contributed by atoms with Gasteiger partial charge in [-0.3, -0.25) is 4.79 Å². The quantitative estimate of drug-likeness (QED) is 0.761. The van der Waals surface area contributed by atoms with Crippen molar-refractivity contribution in [3.63, 3.8) is 0 Å². The Balaban J connectivity index is 2.54. The van der Waals surface area contributed by atoms with Gasteiger partial charge >= 0.3 is 0 Å². The maximum Gasteiger partial charge on any atom is 0.224 e. The highest BCUT2D eigenvalue weighted by atomic mass is 16.2. The number of carbonyl (C=O) groups is 1. The first-order valence-electron chi connectivity index (χ1n) is 6.09. The predicted octanol–water partition coefficient (Wildman–Crippen LogP) is 0.539. The van der Waals surface area contributed by atoms with E-state index in [0.29, 0.717) is 6.42 Å². The fraction of sp³-hybridized carbons (Fsp3) is 0.917.